The number of hydrogen-bond acceptors (Lipinski definition) is 5. The molecule has 2 N–H and O–H groups in total. The quantitative estimate of drug-likeness (QED) is 0.850. The molecule has 2 rings (SSSR count). The van der Waals surface area contributed by atoms with Gasteiger partial charge in [0.15, 0.2) is 5.82 Å². The molecule has 0 saturated carbocycles. The first-order valence-electron chi connectivity index (χ1n) is 6.60. The lowest BCUT2D eigenvalue weighted by molar-refractivity contribution is 0.588. The minimum absolute atomic E-state index is 0.196. The van der Waals surface area contributed by atoms with Crippen molar-refractivity contribution in [3.8, 4) is 0 Å². The van der Waals surface area contributed by atoms with Gasteiger partial charge in [0.1, 0.15) is 0 Å². The second-order valence-corrected chi connectivity index (χ2v) is 6.58. The summed E-state index contributed by atoms with van der Waals surface area (Å²) in [4.78, 5) is 0.196. The second-order valence-electron chi connectivity index (χ2n) is 4.89. The average Bonchev–Trinajstić information content (AvgIpc) is 2.46. The zero-order chi connectivity index (χ0) is 15.3. The van der Waals surface area contributed by atoms with E-state index in [1.54, 1.807) is 36.4 Å². The minimum Gasteiger partial charge on any atom is -0.310 e. The Morgan fingerprint density at radius 3 is 2.43 bits per heavy atom. The Bertz CT molecular complexity index is 670. The van der Waals surface area contributed by atoms with Gasteiger partial charge in [-0.25, -0.2) is 8.42 Å². The summed E-state index contributed by atoms with van der Waals surface area (Å²) in [5.41, 5.74) is 1.03. The Hall–Kier alpha value is -1.99. The summed E-state index contributed by atoms with van der Waals surface area (Å²) in [6.45, 7) is 4.82. The van der Waals surface area contributed by atoms with Crippen LogP contribution in [0.3, 0.4) is 0 Å². The van der Waals surface area contributed by atoms with E-state index in [2.05, 4.69) is 34.1 Å². The van der Waals surface area contributed by atoms with Crippen LogP contribution in [0.5, 0.6) is 0 Å². The Labute approximate surface area is 124 Å². The van der Waals surface area contributed by atoms with Gasteiger partial charge in [-0.3, -0.25) is 4.72 Å². The van der Waals surface area contributed by atoms with Crippen LogP contribution in [-0.4, -0.2) is 24.7 Å². The third kappa shape index (κ3) is 4.51. The molecule has 0 aliphatic heterocycles. The molecule has 7 heteroatoms. The minimum atomic E-state index is -3.63. The van der Waals surface area contributed by atoms with Gasteiger partial charge in [0, 0.05) is 18.8 Å². The van der Waals surface area contributed by atoms with Crippen molar-refractivity contribution in [2.45, 2.75) is 31.3 Å². The van der Waals surface area contributed by atoms with Gasteiger partial charge in [0.25, 0.3) is 10.0 Å². The Morgan fingerprint density at radius 2 is 1.86 bits per heavy atom. The molecule has 0 aliphatic carbocycles. The lowest BCUT2D eigenvalue weighted by Crippen LogP contribution is -2.21. The van der Waals surface area contributed by atoms with Crippen molar-refractivity contribution in [2.75, 3.05) is 4.72 Å². The monoisotopic (exact) mass is 306 g/mol. The fourth-order valence-electron chi connectivity index (χ4n) is 1.66. The first-order valence-corrected chi connectivity index (χ1v) is 8.08. The van der Waals surface area contributed by atoms with Crippen LogP contribution in [0.15, 0.2) is 47.5 Å². The van der Waals surface area contributed by atoms with Crippen molar-refractivity contribution in [1.29, 1.82) is 0 Å². The highest BCUT2D eigenvalue weighted by Crippen LogP contribution is 2.14. The van der Waals surface area contributed by atoms with Gasteiger partial charge in [-0.1, -0.05) is 26.0 Å². The van der Waals surface area contributed by atoms with Crippen LogP contribution in [-0.2, 0) is 16.6 Å². The zero-order valence-electron chi connectivity index (χ0n) is 11.9. The number of sulfonamides is 1. The highest BCUT2D eigenvalue weighted by molar-refractivity contribution is 7.92. The van der Waals surface area contributed by atoms with Crippen LogP contribution >= 0.6 is 0 Å². The average molecular weight is 306 g/mol. The van der Waals surface area contributed by atoms with Crippen LogP contribution < -0.4 is 10.0 Å². The molecule has 1 heterocycles. The van der Waals surface area contributed by atoms with E-state index in [9.17, 15) is 8.42 Å². The maximum atomic E-state index is 12.2. The van der Waals surface area contributed by atoms with E-state index in [0.717, 1.165) is 5.56 Å². The predicted octanol–water partition coefficient (Wildman–Crippen LogP) is 1.78. The highest BCUT2D eigenvalue weighted by Gasteiger charge is 2.14. The molecule has 1 aromatic heterocycles. The fraction of sp³-hybridized carbons (Fsp3) is 0.286. The van der Waals surface area contributed by atoms with E-state index in [0.29, 0.717) is 12.6 Å². The number of hydrogen-bond donors (Lipinski definition) is 2. The van der Waals surface area contributed by atoms with Gasteiger partial charge >= 0.3 is 0 Å². The molecule has 0 spiro atoms. The van der Waals surface area contributed by atoms with Gasteiger partial charge in [-0.05, 0) is 29.8 Å². The van der Waals surface area contributed by atoms with Gasteiger partial charge < -0.3 is 5.32 Å². The lowest BCUT2D eigenvalue weighted by atomic mass is 10.2. The first-order chi connectivity index (χ1) is 9.97. The number of nitrogens with zero attached hydrogens (tertiary/aromatic N) is 2. The molecule has 0 unspecified atom stereocenters. The van der Waals surface area contributed by atoms with E-state index >= 15 is 0 Å². The van der Waals surface area contributed by atoms with Crippen LogP contribution in [0.1, 0.15) is 19.4 Å². The van der Waals surface area contributed by atoms with E-state index in [1.807, 2.05) is 0 Å². The molecule has 1 aromatic carbocycles. The summed E-state index contributed by atoms with van der Waals surface area (Å²) in [6.07, 6.45) is 1.48. The van der Waals surface area contributed by atoms with Crippen molar-refractivity contribution in [3.05, 3.63) is 48.2 Å². The Kier molecular flexibility index (Phi) is 4.87. The summed E-state index contributed by atoms with van der Waals surface area (Å²) >= 11 is 0. The number of anilines is 1. The largest absolute Gasteiger partial charge is 0.310 e. The fourth-order valence-corrected chi connectivity index (χ4v) is 2.66. The number of rotatable bonds is 6. The Balaban J connectivity index is 2.10. The van der Waals surface area contributed by atoms with Crippen LogP contribution in [0.2, 0.25) is 0 Å². The molecule has 0 aliphatic rings. The summed E-state index contributed by atoms with van der Waals surface area (Å²) in [6, 6.07) is 10.3. The standard InChI is InChI=1S/C14H18N4O2S/c1-11(2)15-10-12-5-7-13(8-6-12)21(19,20)18-14-4-3-9-16-17-14/h3-9,11,15H,10H2,1-2H3,(H,17,18). The molecule has 112 valence electrons. The van der Waals surface area contributed by atoms with Crippen LogP contribution in [0.4, 0.5) is 5.82 Å². The van der Waals surface area contributed by atoms with Crippen LogP contribution in [0.25, 0.3) is 0 Å². The van der Waals surface area contributed by atoms with Gasteiger partial charge in [-0.15, -0.1) is 5.10 Å². The smallest absolute Gasteiger partial charge is 0.263 e. The van der Waals surface area contributed by atoms with Crippen molar-refractivity contribution in [3.63, 3.8) is 0 Å². The van der Waals surface area contributed by atoms with E-state index in [-0.39, 0.29) is 10.7 Å². The highest BCUT2D eigenvalue weighted by atomic mass is 32.2. The summed E-state index contributed by atoms with van der Waals surface area (Å²) in [7, 11) is -3.63. The number of nitrogens with one attached hydrogen (secondary N) is 2. The third-order valence-corrected chi connectivity index (χ3v) is 4.13. The molecule has 6 nitrogen and oxygen atoms in total. The third-order valence-electron chi connectivity index (χ3n) is 2.76. The molecular weight excluding hydrogens is 288 g/mol. The van der Waals surface area contributed by atoms with Gasteiger partial charge in [-0.2, -0.15) is 5.10 Å². The maximum Gasteiger partial charge on any atom is 0.263 e. The topological polar surface area (TPSA) is 84.0 Å². The normalized spacial score (nSPS) is 11.6. The van der Waals surface area contributed by atoms with Crippen molar-refractivity contribution >= 4 is 15.8 Å². The van der Waals surface area contributed by atoms with Crippen molar-refractivity contribution < 1.29 is 8.42 Å². The van der Waals surface area contributed by atoms with Crippen molar-refractivity contribution in [2.24, 2.45) is 0 Å². The lowest BCUT2D eigenvalue weighted by Gasteiger charge is -2.09. The molecule has 0 bridgehead atoms. The number of benzene rings is 1. The van der Waals surface area contributed by atoms with E-state index < -0.39 is 10.0 Å². The molecule has 2 aromatic rings. The first kappa shape index (κ1) is 15.4. The molecule has 0 atom stereocenters. The van der Waals surface area contributed by atoms with Gasteiger partial charge in [0.2, 0.25) is 0 Å². The number of aromatic nitrogens is 2. The Morgan fingerprint density at radius 1 is 1.14 bits per heavy atom. The van der Waals surface area contributed by atoms with Crippen LogP contribution in [0, 0.1) is 0 Å². The summed E-state index contributed by atoms with van der Waals surface area (Å²) < 4.78 is 26.8. The molecule has 0 radical (unpaired) electrons. The van der Waals surface area contributed by atoms with Gasteiger partial charge in [0.05, 0.1) is 4.90 Å². The molecule has 21 heavy (non-hydrogen) atoms. The maximum absolute atomic E-state index is 12.2. The molecule has 0 saturated heterocycles. The SMILES string of the molecule is CC(C)NCc1ccc(S(=O)(=O)Nc2cccnn2)cc1. The summed E-state index contributed by atoms with van der Waals surface area (Å²) in [5.74, 6) is 0.197. The van der Waals surface area contributed by atoms with E-state index in [1.165, 1.54) is 6.20 Å². The zero-order valence-corrected chi connectivity index (χ0v) is 12.8. The molecular formula is C14H18N4O2S. The van der Waals surface area contributed by atoms with Crippen molar-refractivity contribution in [1.82, 2.24) is 15.5 Å². The summed E-state index contributed by atoms with van der Waals surface area (Å²) in [5, 5.41) is 10.6. The molecule has 0 amide bonds. The predicted molar refractivity (Wildman–Crippen MR) is 81.3 cm³/mol. The van der Waals surface area contributed by atoms with E-state index in [4.69, 9.17) is 0 Å². The molecule has 0 fully saturated rings. The second kappa shape index (κ2) is 6.64.